The topological polar surface area (TPSA) is 39.1 Å². The second kappa shape index (κ2) is 7.97. The Morgan fingerprint density at radius 2 is 2.00 bits per heavy atom. The zero-order chi connectivity index (χ0) is 19.6. The smallest absolute Gasteiger partial charge is 0.269 e. The van der Waals surface area contributed by atoms with Gasteiger partial charge in [0.1, 0.15) is 4.66 Å². The Balaban J connectivity index is 2.17. The van der Waals surface area contributed by atoms with Crippen molar-refractivity contribution in [3.05, 3.63) is 76.8 Å². The fourth-order valence-electron chi connectivity index (χ4n) is 2.44. The lowest BCUT2D eigenvalue weighted by molar-refractivity contribution is -0.120. The van der Waals surface area contributed by atoms with Gasteiger partial charge in [-0.25, -0.2) is 0 Å². The molecule has 0 fully saturated rings. The summed E-state index contributed by atoms with van der Waals surface area (Å²) in [6, 6.07) is 11.3. The number of hydrogen-bond donors (Lipinski definition) is 0. The number of ketones is 1. The standard InChI is InChI=1S/C21H20ClNO2S2/c1-21(2,3)18(24)12-19-23(13-14-6-4-7-15(22)10-14)20(25)17(27-19)11-16-8-5-9-26-16/h4-12H,13H2,1-3H3/b17-11-,19-12-. The van der Waals surface area contributed by atoms with Crippen LogP contribution in [-0.4, -0.2) is 10.4 Å². The first-order valence-corrected chi connectivity index (χ1v) is 10.6. The molecule has 27 heavy (non-hydrogen) atoms. The van der Waals surface area contributed by atoms with Gasteiger partial charge in [-0.2, -0.15) is 0 Å². The Labute approximate surface area is 170 Å². The predicted octanol–water partition coefficient (Wildman–Crippen LogP) is 3.90. The van der Waals surface area contributed by atoms with Gasteiger partial charge in [0.2, 0.25) is 0 Å². The minimum Gasteiger partial charge on any atom is -0.294 e. The van der Waals surface area contributed by atoms with Crippen molar-refractivity contribution in [2.45, 2.75) is 27.3 Å². The number of carbonyl (C=O) groups excluding carboxylic acids is 1. The normalized spacial score (nSPS) is 13.3. The van der Waals surface area contributed by atoms with Crippen molar-refractivity contribution in [1.29, 1.82) is 0 Å². The zero-order valence-electron chi connectivity index (χ0n) is 15.4. The van der Waals surface area contributed by atoms with E-state index in [1.807, 2.05) is 62.6 Å². The summed E-state index contributed by atoms with van der Waals surface area (Å²) in [6.45, 7) is 5.99. The summed E-state index contributed by atoms with van der Waals surface area (Å²) >= 11 is 9.00. The molecule has 0 radical (unpaired) electrons. The van der Waals surface area contributed by atoms with E-state index in [0.717, 1.165) is 10.4 Å². The van der Waals surface area contributed by atoms with Crippen molar-refractivity contribution in [3.8, 4) is 0 Å². The second-order valence-electron chi connectivity index (χ2n) is 7.24. The molecule has 0 aliphatic heterocycles. The van der Waals surface area contributed by atoms with Crippen LogP contribution in [0.15, 0.2) is 46.6 Å². The number of Topliss-reactive ketones (excluding diaryl/α,β-unsaturated/α-hetero) is 1. The third-order valence-corrected chi connectivity index (χ3v) is 6.09. The minimum atomic E-state index is -0.501. The van der Waals surface area contributed by atoms with E-state index >= 15 is 0 Å². The van der Waals surface area contributed by atoms with E-state index in [1.165, 1.54) is 11.3 Å². The van der Waals surface area contributed by atoms with Crippen LogP contribution in [0.4, 0.5) is 0 Å². The third-order valence-electron chi connectivity index (χ3n) is 3.98. The van der Waals surface area contributed by atoms with Crippen molar-refractivity contribution < 1.29 is 4.79 Å². The van der Waals surface area contributed by atoms with Gasteiger partial charge in [0.25, 0.3) is 5.56 Å². The summed E-state index contributed by atoms with van der Waals surface area (Å²) in [5.41, 5.74) is 0.322. The van der Waals surface area contributed by atoms with Crippen molar-refractivity contribution >= 4 is 52.2 Å². The van der Waals surface area contributed by atoms with Gasteiger partial charge in [-0.1, -0.05) is 50.6 Å². The number of thiophene rings is 1. The minimum absolute atomic E-state index is 0.00809. The molecule has 0 amide bonds. The first-order chi connectivity index (χ1) is 12.7. The molecular weight excluding hydrogens is 398 g/mol. The number of nitrogens with zero attached hydrogens (tertiary/aromatic N) is 1. The molecule has 0 aliphatic carbocycles. The molecule has 2 heterocycles. The van der Waals surface area contributed by atoms with Crippen LogP contribution in [-0.2, 0) is 11.3 Å². The fraction of sp³-hybridized carbons (Fsp3) is 0.238. The molecule has 3 rings (SSSR count). The molecule has 2 aromatic heterocycles. The van der Waals surface area contributed by atoms with Gasteiger partial charge in [0.15, 0.2) is 5.78 Å². The number of thiazole rings is 1. The van der Waals surface area contributed by atoms with Crippen LogP contribution >= 0.6 is 34.3 Å². The number of hydrogen-bond acceptors (Lipinski definition) is 4. The molecule has 1 aromatic carbocycles. The van der Waals surface area contributed by atoms with Crippen molar-refractivity contribution in [2.24, 2.45) is 5.41 Å². The van der Waals surface area contributed by atoms with Gasteiger partial charge in [-0.05, 0) is 35.2 Å². The van der Waals surface area contributed by atoms with E-state index in [4.69, 9.17) is 11.6 Å². The van der Waals surface area contributed by atoms with E-state index in [0.29, 0.717) is 20.8 Å². The SMILES string of the molecule is CC(C)(C)C(=O)/C=c1\s/c(=C\c2cccs2)c(=O)n1Cc1cccc(Cl)c1. The van der Waals surface area contributed by atoms with Gasteiger partial charge >= 0.3 is 0 Å². The van der Waals surface area contributed by atoms with E-state index in [-0.39, 0.29) is 11.3 Å². The number of carbonyl (C=O) groups is 1. The first kappa shape index (κ1) is 19.8. The maximum absolute atomic E-state index is 13.0. The lowest BCUT2D eigenvalue weighted by Gasteiger charge is -2.13. The quantitative estimate of drug-likeness (QED) is 0.645. The summed E-state index contributed by atoms with van der Waals surface area (Å²) in [6.07, 6.45) is 3.47. The van der Waals surface area contributed by atoms with Crippen LogP contribution in [0.2, 0.25) is 5.02 Å². The highest BCUT2D eigenvalue weighted by molar-refractivity contribution is 7.11. The maximum atomic E-state index is 13.0. The van der Waals surface area contributed by atoms with Gasteiger partial charge in [0.05, 0.1) is 11.1 Å². The number of aromatic nitrogens is 1. The third kappa shape index (κ3) is 4.86. The van der Waals surface area contributed by atoms with Gasteiger partial charge in [0, 0.05) is 21.4 Å². The Morgan fingerprint density at radius 1 is 1.22 bits per heavy atom. The van der Waals surface area contributed by atoms with Crippen LogP contribution in [0.25, 0.3) is 12.2 Å². The van der Waals surface area contributed by atoms with Crippen LogP contribution in [0.3, 0.4) is 0 Å². The van der Waals surface area contributed by atoms with Crippen molar-refractivity contribution in [3.63, 3.8) is 0 Å². The second-order valence-corrected chi connectivity index (χ2v) is 9.72. The molecule has 3 nitrogen and oxygen atoms in total. The monoisotopic (exact) mass is 417 g/mol. The zero-order valence-corrected chi connectivity index (χ0v) is 17.8. The van der Waals surface area contributed by atoms with Crippen LogP contribution < -0.4 is 14.8 Å². The maximum Gasteiger partial charge on any atom is 0.269 e. The Kier molecular flexibility index (Phi) is 5.84. The van der Waals surface area contributed by atoms with Crippen LogP contribution in [0, 0.1) is 5.41 Å². The highest BCUT2D eigenvalue weighted by atomic mass is 35.5. The molecule has 0 N–H and O–H groups in total. The summed E-state index contributed by atoms with van der Waals surface area (Å²) in [4.78, 5) is 26.6. The Bertz CT molecular complexity index is 1130. The molecule has 0 aliphatic rings. The molecule has 0 saturated heterocycles. The van der Waals surface area contributed by atoms with E-state index in [1.54, 1.807) is 28.0 Å². The molecule has 0 spiro atoms. The van der Waals surface area contributed by atoms with Gasteiger partial charge < -0.3 is 0 Å². The Hall–Kier alpha value is -1.95. The first-order valence-electron chi connectivity index (χ1n) is 8.49. The molecule has 0 atom stereocenters. The molecule has 0 unspecified atom stereocenters. The highest BCUT2D eigenvalue weighted by Gasteiger charge is 2.19. The Morgan fingerprint density at radius 3 is 2.63 bits per heavy atom. The lowest BCUT2D eigenvalue weighted by atomic mass is 9.91. The summed E-state index contributed by atoms with van der Waals surface area (Å²) in [5, 5.41) is 2.59. The predicted molar refractivity (Wildman–Crippen MR) is 115 cm³/mol. The van der Waals surface area contributed by atoms with E-state index < -0.39 is 5.41 Å². The fourth-order valence-corrected chi connectivity index (χ4v) is 4.42. The highest BCUT2D eigenvalue weighted by Crippen LogP contribution is 2.15. The molecule has 6 heteroatoms. The van der Waals surface area contributed by atoms with Gasteiger partial charge in [-0.3, -0.25) is 14.2 Å². The summed E-state index contributed by atoms with van der Waals surface area (Å²) in [7, 11) is 0. The number of rotatable bonds is 4. The van der Waals surface area contributed by atoms with Crippen molar-refractivity contribution in [1.82, 2.24) is 4.57 Å². The lowest BCUT2D eigenvalue weighted by Crippen LogP contribution is -2.32. The average Bonchev–Trinajstić information content (AvgIpc) is 3.18. The largest absolute Gasteiger partial charge is 0.294 e. The number of benzene rings is 1. The molecular formula is C21H20ClNO2S2. The van der Waals surface area contributed by atoms with E-state index in [9.17, 15) is 9.59 Å². The van der Waals surface area contributed by atoms with E-state index in [2.05, 4.69) is 0 Å². The van der Waals surface area contributed by atoms with Crippen LogP contribution in [0.5, 0.6) is 0 Å². The average molecular weight is 418 g/mol. The van der Waals surface area contributed by atoms with Crippen molar-refractivity contribution in [2.75, 3.05) is 0 Å². The van der Waals surface area contributed by atoms with Gasteiger partial charge in [-0.15, -0.1) is 22.7 Å². The molecule has 3 aromatic rings. The summed E-state index contributed by atoms with van der Waals surface area (Å²) < 4.78 is 2.93. The molecule has 0 saturated carbocycles. The molecule has 140 valence electrons. The van der Waals surface area contributed by atoms with Crippen LogP contribution in [0.1, 0.15) is 31.2 Å². The molecule has 0 bridgehead atoms. The number of halogens is 1. The summed E-state index contributed by atoms with van der Waals surface area (Å²) in [5.74, 6) is -0.00809.